The van der Waals surface area contributed by atoms with Gasteiger partial charge in [0.05, 0.1) is 16.4 Å². The number of benzene rings is 2. The van der Waals surface area contributed by atoms with Gasteiger partial charge in [-0.15, -0.1) is 5.10 Å². The van der Waals surface area contributed by atoms with E-state index in [1.165, 1.54) is 36.0 Å². The fourth-order valence-corrected chi connectivity index (χ4v) is 3.06. The molecule has 3 rings (SSSR count). The molecule has 3 aromatic rings. The lowest BCUT2D eigenvalue weighted by atomic mass is 10.1. The average Bonchev–Trinajstić information content (AvgIpc) is 3.11. The van der Waals surface area contributed by atoms with Crippen LogP contribution in [0.2, 0.25) is 0 Å². The van der Waals surface area contributed by atoms with Gasteiger partial charge in [-0.05, 0) is 53.6 Å². The molecule has 1 heterocycles. The van der Waals surface area contributed by atoms with Crippen LogP contribution in [0.3, 0.4) is 0 Å². The van der Waals surface area contributed by atoms with Crippen LogP contribution in [-0.2, 0) is 4.79 Å². The number of nitrogens with zero attached hydrogens (tertiary/aromatic N) is 5. The number of thioether (sulfide) groups is 1. The largest absolute Gasteiger partial charge is 0.325 e. The van der Waals surface area contributed by atoms with Crippen molar-refractivity contribution in [3.63, 3.8) is 0 Å². The fourth-order valence-electron chi connectivity index (χ4n) is 2.38. The van der Waals surface area contributed by atoms with Gasteiger partial charge in [-0.3, -0.25) is 14.9 Å². The maximum absolute atomic E-state index is 12.2. The summed E-state index contributed by atoms with van der Waals surface area (Å²) in [5, 5.41) is 25.6. The van der Waals surface area contributed by atoms with E-state index in [0.717, 1.165) is 16.8 Å². The monoisotopic (exact) mass is 384 g/mol. The van der Waals surface area contributed by atoms with Gasteiger partial charge >= 0.3 is 0 Å². The number of carbonyl (C=O) groups excluding carboxylic acids is 1. The Morgan fingerprint density at radius 2 is 1.96 bits per heavy atom. The number of rotatable bonds is 6. The number of anilines is 1. The fraction of sp³-hybridized carbons (Fsp3) is 0.176. The molecule has 10 heteroatoms. The molecule has 0 aliphatic carbocycles. The molecule has 27 heavy (non-hydrogen) atoms. The van der Waals surface area contributed by atoms with Gasteiger partial charge in [0, 0.05) is 17.8 Å². The summed E-state index contributed by atoms with van der Waals surface area (Å²) in [6.07, 6.45) is 0. The second-order valence-electron chi connectivity index (χ2n) is 5.73. The number of nitro groups is 1. The number of amides is 1. The molecule has 0 atom stereocenters. The summed E-state index contributed by atoms with van der Waals surface area (Å²) in [6.45, 7) is 4.00. The number of carbonyl (C=O) groups is 1. The summed E-state index contributed by atoms with van der Waals surface area (Å²) in [5.74, 6) is -0.160. The predicted molar refractivity (Wildman–Crippen MR) is 101 cm³/mol. The first kappa shape index (κ1) is 18.5. The molecule has 9 nitrogen and oxygen atoms in total. The summed E-state index contributed by atoms with van der Waals surface area (Å²) in [7, 11) is 0. The summed E-state index contributed by atoms with van der Waals surface area (Å²) < 4.78 is 1.60. The van der Waals surface area contributed by atoms with E-state index in [2.05, 4.69) is 20.8 Å². The van der Waals surface area contributed by atoms with E-state index in [1.54, 1.807) is 4.68 Å². The van der Waals surface area contributed by atoms with Gasteiger partial charge in [0.1, 0.15) is 0 Å². The summed E-state index contributed by atoms with van der Waals surface area (Å²) in [5.41, 5.74) is 3.49. The zero-order valence-corrected chi connectivity index (χ0v) is 15.4. The van der Waals surface area contributed by atoms with Crippen molar-refractivity contribution in [3.05, 3.63) is 63.7 Å². The van der Waals surface area contributed by atoms with E-state index in [-0.39, 0.29) is 17.3 Å². The Labute approximate surface area is 158 Å². The zero-order valence-electron chi connectivity index (χ0n) is 14.6. The molecule has 0 radical (unpaired) electrons. The molecule has 1 amide bonds. The minimum Gasteiger partial charge on any atom is -0.325 e. The molecule has 0 aliphatic heterocycles. The van der Waals surface area contributed by atoms with Crippen molar-refractivity contribution < 1.29 is 9.72 Å². The highest BCUT2D eigenvalue weighted by atomic mass is 32.2. The van der Waals surface area contributed by atoms with Gasteiger partial charge in [-0.2, -0.15) is 4.68 Å². The summed E-state index contributed by atoms with van der Waals surface area (Å²) in [4.78, 5) is 22.3. The smallest absolute Gasteiger partial charge is 0.269 e. The maximum atomic E-state index is 12.2. The number of nitrogens with one attached hydrogen (secondary N) is 1. The van der Waals surface area contributed by atoms with Gasteiger partial charge in [0.2, 0.25) is 11.1 Å². The van der Waals surface area contributed by atoms with E-state index in [0.29, 0.717) is 10.8 Å². The molecule has 1 N–H and O–H groups in total. The third-order valence-electron chi connectivity index (χ3n) is 3.94. The molecule has 1 aromatic heterocycles. The second kappa shape index (κ2) is 7.96. The maximum Gasteiger partial charge on any atom is 0.269 e. The molecular formula is C17H16N6O3S. The van der Waals surface area contributed by atoms with Crippen molar-refractivity contribution >= 4 is 29.0 Å². The van der Waals surface area contributed by atoms with E-state index in [4.69, 9.17) is 0 Å². The molecular weight excluding hydrogens is 368 g/mol. The number of hydrogen-bond donors (Lipinski definition) is 1. The molecule has 0 fully saturated rings. The quantitative estimate of drug-likeness (QED) is 0.394. The highest BCUT2D eigenvalue weighted by Gasteiger charge is 2.14. The van der Waals surface area contributed by atoms with Gasteiger partial charge in [-0.1, -0.05) is 23.9 Å². The number of aromatic nitrogens is 4. The van der Waals surface area contributed by atoms with Crippen molar-refractivity contribution in [2.75, 3.05) is 11.1 Å². The molecule has 0 unspecified atom stereocenters. The standard InChI is InChI=1S/C17H16N6O3S/c1-11-4-3-5-15(12(11)2)22-17(19-20-21-22)27-10-16(24)18-13-6-8-14(9-7-13)23(25)26/h3-9H,10H2,1-2H3,(H,18,24). The van der Waals surface area contributed by atoms with Crippen LogP contribution in [0.25, 0.3) is 5.69 Å². The molecule has 0 spiro atoms. The highest BCUT2D eigenvalue weighted by Crippen LogP contribution is 2.22. The minimum atomic E-state index is -0.492. The Morgan fingerprint density at radius 3 is 2.67 bits per heavy atom. The number of hydrogen-bond acceptors (Lipinski definition) is 7. The number of non-ortho nitro benzene ring substituents is 1. The highest BCUT2D eigenvalue weighted by molar-refractivity contribution is 7.99. The van der Waals surface area contributed by atoms with E-state index >= 15 is 0 Å². The third kappa shape index (κ3) is 4.29. The topological polar surface area (TPSA) is 116 Å². The first-order valence-electron chi connectivity index (χ1n) is 7.98. The van der Waals surface area contributed by atoms with Crippen LogP contribution < -0.4 is 5.32 Å². The van der Waals surface area contributed by atoms with E-state index < -0.39 is 4.92 Å². The van der Waals surface area contributed by atoms with Gasteiger partial charge in [-0.25, -0.2) is 0 Å². The molecule has 138 valence electrons. The van der Waals surface area contributed by atoms with Gasteiger partial charge in [0.25, 0.3) is 5.69 Å². The summed E-state index contributed by atoms with van der Waals surface area (Å²) in [6, 6.07) is 11.5. The SMILES string of the molecule is Cc1cccc(-n2nnnc2SCC(=O)Nc2ccc([N+](=O)[O-])cc2)c1C. The number of nitro benzene ring substituents is 1. The average molecular weight is 384 g/mol. The first-order valence-corrected chi connectivity index (χ1v) is 8.96. The van der Waals surface area contributed by atoms with Crippen LogP contribution in [0.1, 0.15) is 11.1 Å². The van der Waals surface area contributed by atoms with Crippen molar-refractivity contribution in [2.24, 2.45) is 0 Å². The van der Waals surface area contributed by atoms with E-state index in [1.807, 2.05) is 32.0 Å². The second-order valence-corrected chi connectivity index (χ2v) is 6.68. The Balaban J connectivity index is 1.65. The van der Waals surface area contributed by atoms with Crippen molar-refractivity contribution in [1.29, 1.82) is 0 Å². The Morgan fingerprint density at radius 1 is 1.22 bits per heavy atom. The Kier molecular flexibility index (Phi) is 5.46. The molecule has 0 saturated heterocycles. The Bertz CT molecular complexity index is 987. The molecule has 0 saturated carbocycles. The minimum absolute atomic E-state index is 0.0323. The van der Waals surface area contributed by atoms with Crippen molar-refractivity contribution in [3.8, 4) is 5.69 Å². The van der Waals surface area contributed by atoms with Gasteiger partial charge in [0.15, 0.2) is 0 Å². The first-order chi connectivity index (χ1) is 13.0. The predicted octanol–water partition coefficient (Wildman–Crippen LogP) is 2.92. The normalized spacial score (nSPS) is 10.6. The lowest BCUT2D eigenvalue weighted by Crippen LogP contribution is -2.14. The van der Waals surface area contributed by atoms with Crippen LogP contribution in [-0.4, -0.2) is 36.8 Å². The Hall–Kier alpha value is -3.27. The van der Waals surface area contributed by atoms with Crippen LogP contribution in [0.5, 0.6) is 0 Å². The van der Waals surface area contributed by atoms with Crippen LogP contribution in [0, 0.1) is 24.0 Å². The van der Waals surface area contributed by atoms with E-state index in [9.17, 15) is 14.9 Å². The molecule has 0 aliphatic rings. The van der Waals surface area contributed by atoms with Crippen LogP contribution in [0.4, 0.5) is 11.4 Å². The molecule has 2 aromatic carbocycles. The number of tetrazole rings is 1. The van der Waals surface area contributed by atoms with Crippen LogP contribution >= 0.6 is 11.8 Å². The van der Waals surface area contributed by atoms with Gasteiger partial charge < -0.3 is 5.32 Å². The zero-order chi connectivity index (χ0) is 19.4. The lowest BCUT2D eigenvalue weighted by Gasteiger charge is -2.09. The number of aryl methyl sites for hydroxylation is 1. The van der Waals surface area contributed by atoms with Crippen molar-refractivity contribution in [1.82, 2.24) is 20.2 Å². The summed E-state index contributed by atoms with van der Waals surface area (Å²) >= 11 is 1.21. The third-order valence-corrected chi connectivity index (χ3v) is 4.86. The lowest BCUT2D eigenvalue weighted by molar-refractivity contribution is -0.384. The molecule has 0 bridgehead atoms. The van der Waals surface area contributed by atoms with Crippen LogP contribution in [0.15, 0.2) is 47.6 Å². The van der Waals surface area contributed by atoms with Crippen molar-refractivity contribution in [2.45, 2.75) is 19.0 Å².